The van der Waals surface area contributed by atoms with Crippen molar-refractivity contribution in [3.05, 3.63) is 46.5 Å². The van der Waals surface area contributed by atoms with Crippen molar-refractivity contribution in [2.75, 3.05) is 48.4 Å². The highest BCUT2D eigenvalue weighted by atomic mass is 16.7. The molecule has 0 fully saturated rings. The second kappa shape index (κ2) is 10.4. The van der Waals surface area contributed by atoms with Crippen LogP contribution in [-0.4, -0.2) is 58.7 Å². The smallest absolute Gasteiger partial charge is 0.231 e. The van der Waals surface area contributed by atoms with E-state index in [4.69, 9.17) is 23.7 Å². The van der Waals surface area contributed by atoms with E-state index in [0.717, 1.165) is 35.4 Å². The summed E-state index contributed by atoms with van der Waals surface area (Å²) in [7, 11) is 7.55. The number of hydrogen-bond donors (Lipinski definition) is 0. The van der Waals surface area contributed by atoms with Gasteiger partial charge in [0, 0.05) is 19.1 Å². The van der Waals surface area contributed by atoms with Crippen LogP contribution in [0.3, 0.4) is 0 Å². The first kappa shape index (κ1) is 24.9. The number of ether oxygens (including phenoxy) is 5. The lowest BCUT2D eigenvalue weighted by Crippen LogP contribution is -2.48. The Bertz CT molecular complexity index is 1000. The Hall–Kier alpha value is -2.77. The number of ketones is 1. The number of rotatable bonds is 7. The second-order valence-corrected chi connectivity index (χ2v) is 8.64. The first-order valence-electron chi connectivity index (χ1n) is 11.4. The van der Waals surface area contributed by atoms with Crippen LogP contribution in [0, 0.1) is 6.92 Å². The number of fused-ring (bicyclic) bond motifs is 2. The van der Waals surface area contributed by atoms with Gasteiger partial charge in [0.05, 0.1) is 39.7 Å². The van der Waals surface area contributed by atoms with Crippen molar-refractivity contribution in [3.63, 3.8) is 0 Å². The van der Waals surface area contributed by atoms with Crippen LogP contribution in [0.25, 0.3) is 0 Å². The molecule has 0 saturated heterocycles. The van der Waals surface area contributed by atoms with Gasteiger partial charge in [-0.15, -0.1) is 0 Å². The summed E-state index contributed by atoms with van der Waals surface area (Å²) in [5, 5.41) is 0. The summed E-state index contributed by atoms with van der Waals surface area (Å²) in [5.41, 5.74) is 3.79. The molecule has 2 aliphatic heterocycles. The molecule has 33 heavy (non-hydrogen) atoms. The molecule has 180 valence electrons. The molecule has 2 aromatic carbocycles. The first-order valence-corrected chi connectivity index (χ1v) is 11.4. The van der Waals surface area contributed by atoms with E-state index in [0.29, 0.717) is 33.7 Å². The minimum atomic E-state index is -0.0505. The van der Waals surface area contributed by atoms with Crippen LogP contribution < -0.4 is 18.9 Å². The molecule has 0 amide bonds. The SMILES string of the molecule is CC.COCOc1ccc(C(=O)CC2c3c(cc4c(c3OC)OCO4)CC[N+]2(C)C)cc1C. The number of quaternary nitrogens is 1. The van der Waals surface area contributed by atoms with Gasteiger partial charge in [-0.1, -0.05) is 13.8 Å². The molecule has 0 radical (unpaired) electrons. The fourth-order valence-electron chi connectivity index (χ4n) is 4.52. The van der Waals surface area contributed by atoms with Crippen LogP contribution in [0.2, 0.25) is 0 Å². The van der Waals surface area contributed by atoms with Crippen molar-refractivity contribution in [2.24, 2.45) is 0 Å². The maximum Gasteiger partial charge on any atom is 0.231 e. The summed E-state index contributed by atoms with van der Waals surface area (Å²) in [4.78, 5) is 13.3. The quantitative estimate of drug-likeness (QED) is 0.341. The van der Waals surface area contributed by atoms with Crippen LogP contribution >= 0.6 is 0 Å². The van der Waals surface area contributed by atoms with Crippen molar-refractivity contribution < 1.29 is 33.0 Å². The van der Waals surface area contributed by atoms with Crippen molar-refractivity contribution in [3.8, 4) is 23.0 Å². The van der Waals surface area contributed by atoms with Gasteiger partial charge in [-0.2, -0.15) is 0 Å². The highest BCUT2D eigenvalue weighted by Gasteiger charge is 2.42. The van der Waals surface area contributed by atoms with Gasteiger partial charge in [0.15, 0.2) is 24.1 Å². The zero-order chi connectivity index (χ0) is 24.2. The summed E-state index contributed by atoms with van der Waals surface area (Å²) in [5.74, 6) is 2.84. The van der Waals surface area contributed by atoms with Gasteiger partial charge in [0.1, 0.15) is 11.8 Å². The molecule has 0 bridgehead atoms. The van der Waals surface area contributed by atoms with Crippen molar-refractivity contribution in [1.82, 2.24) is 0 Å². The minimum Gasteiger partial charge on any atom is -0.492 e. The molecule has 2 heterocycles. The van der Waals surface area contributed by atoms with Gasteiger partial charge in [-0.25, -0.2) is 0 Å². The van der Waals surface area contributed by atoms with E-state index in [-0.39, 0.29) is 25.4 Å². The molecule has 7 nitrogen and oxygen atoms in total. The molecular weight excluding hydrogens is 422 g/mol. The van der Waals surface area contributed by atoms with E-state index in [9.17, 15) is 4.79 Å². The van der Waals surface area contributed by atoms with E-state index in [1.54, 1.807) is 14.2 Å². The molecular formula is C26H36NO6+. The Morgan fingerprint density at radius 1 is 1.15 bits per heavy atom. The van der Waals surface area contributed by atoms with Crippen molar-refractivity contribution in [1.29, 1.82) is 0 Å². The largest absolute Gasteiger partial charge is 0.492 e. The van der Waals surface area contributed by atoms with E-state index in [1.807, 2.05) is 45.0 Å². The predicted octanol–water partition coefficient (Wildman–Crippen LogP) is 4.69. The average Bonchev–Trinajstić information content (AvgIpc) is 3.28. The van der Waals surface area contributed by atoms with Gasteiger partial charge < -0.3 is 28.2 Å². The highest BCUT2D eigenvalue weighted by molar-refractivity contribution is 5.97. The third kappa shape index (κ3) is 4.94. The van der Waals surface area contributed by atoms with Gasteiger partial charge in [-0.05, 0) is 42.3 Å². The third-order valence-corrected chi connectivity index (χ3v) is 6.29. The zero-order valence-electron chi connectivity index (χ0n) is 20.8. The molecule has 4 rings (SSSR count). The van der Waals surface area contributed by atoms with E-state index >= 15 is 0 Å². The van der Waals surface area contributed by atoms with Crippen LogP contribution in [0.1, 0.15) is 53.4 Å². The number of aryl methyl sites for hydroxylation is 1. The summed E-state index contributed by atoms with van der Waals surface area (Å²) in [6.45, 7) is 7.22. The Morgan fingerprint density at radius 2 is 1.91 bits per heavy atom. The van der Waals surface area contributed by atoms with Gasteiger partial charge in [0.2, 0.25) is 12.5 Å². The van der Waals surface area contributed by atoms with Crippen molar-refractivity contribution >= 4 is 5.78 Å². The summed E-state index contributed by atoms with van der Waals surface area (Å²) in [6.07, 6.45) is 1.26. The summed E-state index contributed by atoms with van der Waals surface area (Å²) >= 11 is 0. The van der Waals surface area contributed by atoms with Crippen LogP contribution in [0.5, 0.6) is 23.0 Å². The number of methoxy groups -OCH3 is 2. The number of hydrogen-bond acceptors (Lipinski definition) is 6. The lowest BCUT2D eigenvalue weighted by Gasteiger charge is -2.43. The molecule has 7 heteroatoms. The number of carbonyl (C=O) groups is 1. The lowest BCUT2D eigenvalue weighted by molar-refractivity contribution is -0.922. The van der Waals surface area contributed by atoms with E-state index in [1.165, 1.54) is 0 Å². The number of carbonyl (C=O) groups excluding carboxylic acids is 1. The lowest BCUT2D eigenvalue weighted by atomic mass is 9.85. The monoisotopic (exact) mass is 458 g/mol. The summed E-state index contributed by atoms with van der Waals surface area (Å²) < 4.78 is 28.3. The zero-order valence-corrected chi connectivity index (χ0v) is 20.8. The van der Waals surface area contributed by atoms with Crippen LogP contribution in [0.4, 0.5) is 0 Å². The molecule has 2 aliphatic rings. The van der Waals surface area contributed by atoms with Crippen LogP contribution in [-0.2, 0) is 11.2 Å². The fourth-order valence-corrected chi connectivity index (χ4v) is 4.52. The Kier molecular flexibility index (Phi) is 7.87. The predicted molar refractivity (Wildman–Crippen MR) is 127 cm³/mol. The van der Waals surface area contributed by atoms with E-state index in [2.05, 4.69) is 14.1 Å². The Balaban J connectivity index is 0.00000149. The van der Waals surface area contributed by atoms with Gasteiger partial charge >= 0.3 is 0 Å². The number of Topliss-reactive ketones (excluding diaryl/α,β-unsaturated/α-hetero) is 1. The molecule has 1 atom stereocenters. The third-order valence-electron chi connectivity index (χ3n) is 6.29. The first-order chi connectivity index (χ1) is 15.9. The van der Waals surface area contributed by atoms with Crippen LogP contribution in [0.15, 0.2) is 24.3 Å². The molecule has 2 aromatic rings. The average molecular weight is 459 g/mol. The minimum absolute atomic E-state index is 0.0505. The second-order valence-electron chi connectivity index (χ2n) is 8.64. The normalized spacial score (nSPS) is 17.5. The molecule has 0 aliphatic carbocycles. The number of benzene rings is 2. The Labute approximate surface area is 196 Å². The molecule has 1 unspecified atom stereocenters. The van der Waals surface area contributed by atoms with Crippen molar-refractivity contribution in [2.45, 2.75) is 39.7 Å². The fraction of sp³-hybridized carbons (Fsp3) is 0.500. The molecule has 0 spiro atoms. The van der Waals surface area contributed by atoms with E-state index < -0.39 is 0 Å². The maximum atomic E-state index is 13.3. The molecule has 0 N–H and O–H groups in total. The maximum absolute atomic E-state index is 13.3. The van der Waals surface area contributed by atoms with Gasteiger partial charge in [0.25, 0.3) is 0 Å². The standard InChI is InChI=1S/C24H30NO6.C2H6/c1-15-10-16(6-7-20(15)29-13-27-4)19(26)12-18-22-17(8-9-25(18,2)3)11-21-23(24(22)28-5)31-14-30-21;1-2/h6-7,10-11,18H,8-9,12-14H2,1-5H3;1-2H3/q+1;. The Morgan fingerprint density at radius 3 is 2.58 bits per heavy atom. The van der Waals surface area contributed by atoms with Gasteiger partial charge in [-0.3, -0.25) is 4.79 Å². The number of likely N-dealkylation sites (N-methyl/N-ethyl adjacent to an activating group) is 1. The highest BCUT2D eigenvalue weighted by Crippen LogP contribution is 2.51. The molecule has 0 aromatic heterocycles. The molecule has 0 saturated carbocycles. The topological polar surface area (TPSA) is 63.2 Å². The number of nitrogens with zero attached hydrogens (tertiary/aromatic N) is 1. The summed E-state index contributed by atoms with van der Waals surface area (Å²) in [6, 6.07) is 7.53.